The van der Waals surface area contributed by atoms with E-state index in [4.69, 9.17) is 14.2 Å². The van der Waals surface area contributed by atoms with Crippen LogP contribution in [0.1, 0.15) is 17.4 Å². The van der Waals surface area contributed by atoms with Gasteiger partial charge in [-0.1, -0.05) is 0 Å². The Morgan fingerprint density at radius 3 is 2.24 bits per heavy atom. The van der Waals surface area contributed by atoms with Crippen LogP contribution in [-0.2, 0) is 4.79 Å². The summed E-state index contributed by atoms with van der Waals surface area (Å²) in [5.41, 5.74) is 0.991. The molecule has 0 radical (unpaired) electrons. The summed E-state index contributed by atoms with van der Waals surface area (Å²) in [6, 6.07) is 3.85. The van der Waals surface area contributed by atoms with Crippen molar-refractivity contribution in [2.75, 3.05) is 54.3 Å². The van der Waals surface area contributed by atoms with Crippen molar-refractivity contribution in [1.82, 2.24) is 9.80 Å². The fraction of sp³-hybridized carbons (Fsp3) is 0.588. The predicted octanol–water partition coefficient (Wildman–Crippen LogP) is 2.66. The minimum absolute atomic E-state index is 0. The van der Waals surface area contributed by atoms with Crippen LogP contribution in [0.2, 0.25) is 0 Å². The van der Waals surface area contributed by atoms with Crippen LogP contribution in [0.5, 0.6) is 17.2 Å². The molecule has 8 heteroatoms. The number of methoxy groups -OCH3 is 3. The highest BCUT2D eigenvalue weighted by Crippen LogP contribution is 2.45. The van der Waals surface area contributed by atoms with Crippen LogP contribution < -0.4 is 14.2 Å². The molecule has 0 saturated carbocycles. The van der Waals surface area contributed by atoms with Crippen LogP contribution in [0, 0.1) is 0 Å². The second kappa shape index (κ2) is 9.99. The molecular formula is C17H27ClN2O4S. The first-order chi connectivity index (χ1) is 11.5. The van der Waals surface area contributed by atoms with Crippen LogP contribution in [-0.4, -0.2) is 70.0 Å². The van der Waals surface area contributed by atoms with Gasteiger partial charge in [0.15, 0.2) is 11.5 Å². The van der Waals surface area contributed by atoms with Gasteiger partial charge in [0.25, 0.3) is 0 Å². The third-order valence-corrected chi connectivity index (χ3v) is 5.20. The van der Waals surface area contributed by atoms with Gasteiger partial charge >= 0.3 is 0 Å². The van der Waals surface area contributed by atoms with Crippen LogP contribution >= 0.6 is 24.2 Å². The standard InChI is InChI=1S/C17H26N2O4S.ClH/c1-18(2)7-6-8-19-15(20)11-24-17(19)12-9-13(21-3)16(23-5)14(10-12)22-4;/h9-10,17H,6-8,11H2,1-5H3;1H. The van der Waals surface area contributed by atoms with Gasteiger partial charge in [0.05, 0.1) is 27.1 Å². The largest absolute Gasteiger partial charge is 0.493 e. The zero-order chi connectivity index (χ0) is 17.7. The number of carbonyl (C=O) groups excluding carboxylic acids is 1. The molecule has 0 N–H and O–H groups in total. The lowest BCUT2D eigenvalue weighted by molar-refractivity contribution is -0.128. The summed E-state index contributed by atoms with van der Waals surface area (Å²) >= 11 is 1.63. The normalized spacial score (nSPS) is 16.8. The van der Waals surface area contributed by atoms with Crippen LogP contribution in [0.4, 0.5) is 0 Å². The van der Waals surface area contributed by atoms with Gasteiger partial charge in [0, 0.05) is 6.54 Å². The van der Waals surface area contributed by atoms with E-state index in [1.165, 1.54) is 0 Å². The third-order valence-electron chi connectivity index (χ3n) is 3.94. The average Bonchev–Trinajstić information content (AvgIpc) is 2.94. The number of thioether (sulfide) groups is 1. The fourth-order valence-electron chi connectivity index (χ4n) is 2.77. The Morgan fingerprint density at radius 2 is 1.76 bits per heavy atom. The Bertz CT molecular complexity index is 561. The molecule has 0 aliphatic carbocycles. The van der Waals surface area contributed by atoms with E-state index in [1.54, 1.807) is 33.1 Å². The summed E-state index contributed by atoms with van der Waals surface area (Å²) in [4.78, 5) is 16.3. The highest BCUT2D eigenvalue weighted by molar-refractivity contribution is 8.00. The highest BCUT2D eigenvalue weighted by Gasteiger charge is 2.33. The van der Waals surface area contributed by atoms with Crippen molar-refractivity contribution in [2.45, 2.75) is 11.8 Å². The monoisotopic (exact) mass is 390 g/mol. The Hall–Kier alpha value is -1.31. The molecule has 1 saturated heterocycles. The Morgan fingerprint density at radius 1 is 1.16 bits per heavy atom. The number of hydrogen-bond acceptors (Lipinski definition) is 6. The van der Waals surface area contributed by atoms with Crippen molar-refractivity contribution in [1.29, 1.82) is 0 Å². The topological polar surface area (TPSA) is 51.2 Å². The van der Waals surface area contributed by atoms with Crippen molar-refractivity contribution >= 4 is 30.1 Å². The van der Waals surface area contributed by atoms with Gasteiger partial charge in [-0.25, -0.2) is 0 Å². The molecule has 1 atom stereocenters. The molecular weight excluding hydrogens is 364 g/mol. The molecule has 1 aliphatic rings. The van der Waals surface area contributed by atoms with Gasteiger partial charge in [-0.3, -0.25) is 4.79 Å². The number of hydrogen-bond donors (Lipinski definition) is 0. The SMILES string of the molecule is COc1cc(C2SCC(=O)N2CCCN(C)C)cc(OC)c1OC.Cl. The zero-order valence-corrected chi connectivity index (χ0v) is 17.0. The molecule has 1 heterocycles. The number of rotatable bonds is 8. The first kappa shape index (κ1) is 21.7. The van der Waals surface area contributed by atoms with E-state index in [0.717, 1.165) is 25.1 Å². The highest BCUT2D eigenvalue weighted by atomic mass is 35.5. The lowest BCUT2D eigenvalue weighted by Gasteiger charge is -2.26. The molecule has 1 unspecified atom stereocenters. The van der Waals surface area contributed by atoms with Crippen molar-refractivity contribution < 1.29 is 19.0 Å². The predicted molar refractivity (Wildman–Crippen MR) is 103 cm³/mol. The summed E-state index contributed by atoms with van der Waals surface area (Å²) in [5, 5.41) is -0.0200. The second-order valence-electron chi connectivity index (χ2n) is 5.87. The average molecular weight is 391 g/mol. The third kappa shape index (κ3) is 5.09. The molecule has 6 nitrogen and oxygen atoms in total. The summed E-state index contributed by atoms with van der Waals surface area (Å²) in [5.74, 6) is 2.47. The van der Waals surface area contributed by atoms with Crippen molar-refractivity contribution in [3.63, 3.8) is 0 Å². The van der Waals surface area contributed by atoms with Gasteiger partial charge in [-0.2, -0.15) is 0 Å². The maximum Gasteiger partial charge on any atom is 0.233 e. The van der Waals surface area contributed by atoms with E-state index in [1.807, 2.05) is 31.1 Å². The van der Waals surface area contributed by atoms with Gasteiger partial charge < -0.3 is 24.0 Å². The van der Waals surface area contributed by atoms with Crippen LogP contribution in [0.3, 0.4) is 0 Å². The Balaban J connectivity index is 0.00000312. The first-order valence-corrected chi connectivity index (χ1v) is 8.92. The number of benzene rings is 1. The van der Waals surface area contributed by atoms with Crippen LogP contribution in [0.25, 0.3) is 0 Å². The van der Waals surface area contributed by atoms with Gasteiger partial charge in [-0.15, -0.1) is 24.2 Å². The van der Waals surface area contributed by atoms with Gasteiger partial charge in [0.1, 0.15) is 5.37 Å². The minimum atomic E-state index is -0.0200. The van der Waals surface area contributed by atoms with E-state index >= 15 is 0 Å². The molecule has 1 aromatic rings. The first-order valence-electron chi connectivity index (χ1n) is 7.87. The second-order valence-corrected chi connectivity index (χ2v) is 6.93. The summed E-state index contributed by atoms with van der Waals surface area (Å²) in [6.07, 6.45) is 0.945. The zero-order valence-electron chi connectivity index (χ0n) is 15.4. The van der Waals surface area contributed by atoms with Crippen molar-refractivity contribution in [2.24, 2.45) is 0 Å². The van der Waals surface area contributed by atoms with E-state index in [9.17, 15) is 4.79 Å². The number of carbonyl (C=O) groups is 1. The lowest BCUT2D eigenvalue weighted by atomic mass is 10.1. The number of amides is 1. The number of ether oxygens (including phenoxy) is 3. The number of nitrogens with zero attached hydrogens (tertiary/aromatic N) is 2. The summed E-state index contributed by atoms with van der Waals surface area (Å²) in [6.45, 7) is 1.70. The molecule has 25 heavy (non-hydrogen) atoms. The van der Waals surface area contributed by atoms with Crippen LogP contribution in [0.15, 0.2) is 12.1 Å². The molecule has 2 rings (SSSR count). The summed E-state index contributed by atoms with van der Waals surface area (Å²) in [7, 11) is 8.86. The van der Waals surface area contributed by atoms with Gasteiger partial charge in [-0.05, 0) is 44.8 Å². The molecule has 0 aromatic heterocycles. The quantitative estimate of drug-likeness (QED) is 0.680. The molecule has 1 fully saturated rings. The van der Waals surface area contributed by atoms with E-state index < -0.39 is 0 Å². The maximum atomic E-state index is 12.3. The smallest absolute Gasteiger partial charge is 0.233 e. The lowest BCUT2D eigenvalue weighted by Crippen LogP contribution is -2.31. The molecule has 142 valence electrons. The molecule has 1 amide bonds. The molecule has 0 bridgehead atoms. The van der Waals surface area contributed by atoms with E-state index in [-0.39, 0.29) is 23.7 Å². The summed E-state index contributed by atoms with van der Waals surface area (Å²) < 4.78 is 16.2. The molecule has 1 aliphatic heterocycles. The number of halogens is 1. The maximum absolute atomic E-state index is 12.3. The van der Waals surface area contributed by atoms with E-state index in [0.29, 0.717) is 23.0 Å². The fourth-order valence-corrected chi connectivity index (χ4v) is 3.97. The Kier molecular flexibility index (Phi) is 8.68. The minimum Gasteiger partial charge on any atom is -0.493 e. The van der Waals surface area contributed by atoms with Crippen molar-refractivity contribution in [3.8, 4) is 17.2 Å². The van der Waals surface area contributed by atoms with Crippen molar-refractivity contribution in [3.05, 3.63) is 17.7 Å². The molecule has 1 aromatic carbocycles. The Labute approximate surface area is 160 Å². The van der Waals surface area contributed by atoms with E-state index in [2.05, 4.69) is 4.90 Å². The van der Waals surface area contributed by atoms with Gasteiger partial charge in [0.2, 0.25) is 11.7 Å². The molecule has 0 spiro atoms.